The molecular formula is C55H111N2O4+. The summed E-state index contributed by atoms with van der Waals surface area (Å²) in [5.41, 5.74) is 0. The molecule has 6 nitrogen and oxygen atoms in total. The Hall–Kier alpha value is -1.14. The van der Waals surface area contributed by atoms with Gasteiger partial charge in [-0.05, 0) is 90.0 Å². The number of unbranched alkanes of at least 4 members (excludes halogenated alkanes) is 28. The molecule has 0 fully saturated rings. The first-order chi connectivity index (χ1) is 29.8. The van der Waals surface area contributed by atoms with Crippen molar-refractivity contribution in [3.63, 3.8) is 0 Å². The third kappa shape index (κ3) is 45.2. The zero-order chi connectivity index (χ0) is 44.8. The molecule has 0 unspecified atom stereocenters. The van der Waals surface area contributed by atoms with Crippen molar-refractivity contribution in [2.75, 3.05) is 40.3 Å². The highest BCUT2D eigenvalue weighted by Crippen LogP contribution is 2.20. The van der Waals surface area contributed by atoms with Gasteiger partial charge in [-0.25, -0.2) is 0 Å². The summed E-state index contributed by atoms with van der Waals surface area (Å²) in [6.45, 7) is 13.7. The highest BCUT2D eigenvalue weighted by molar-refractivity contribution is 5.69. The number of nitrogens with zero attached hydrogens (tertiary/aromatic N) is 1. The van der Waals surface area contributed by atoms with E-state index in [-0.39, 0.29) is 24.1 Å². The van der Waals surface area contributed by atoms with Gasteiger partial charge in [-0.3, -0.25) is 9.59 Å². The van der Waals surface area contributed by atoms with Gasteiger partial charge in [0.25, 0.3) is 0 Å². The molecular weight excluding hydrogens is 753 g/mol. The van der Waals surface area contributed by atoms with E-state index in [4.69, 9.17) is 9.47 Å². The van der Waals surface area contributed by atoms with Crippen LogP contribution in [-0.2, 0) is 19.1 Å². The fourth-order valence-corrected chi connectivity index (χ4v) is 8.88. The summed E-state index contributed by atoms with van der Waals surface area (Å²) >= 11 is 0. The lowest BCUT2D eigenvalue weighted by molar-refractivity contribution is -0.890. The summed E-state index contributed by atoms with van der Waals surface area (Å²) < 4.78 is 13.2. The van der Waals surface area contributed by atoms with Crippen molar-refractivity contribution in [2.24, 2.45) is 0 Å². The Kier molecular flexibility index (Phi) is 46.0. The van der Waals surface area contributed by atoms with Crippen molar-refractivity contribution in [3.05, 3.63) is 0 Å². The second kappa shape index (κ2) is 46.8. The largest absolute Gasteiger partial charge is 0.462 e. The Labute approximate surface area is 383 Å². The molecule has 0 aliphatic heterocycles. The third-order valence-corrected chi connectivity index (χ3v) is 13.1. The molecule has 0 saturated heterocycles. The maximum atomic E-state index is 12.8. The maximum Gasteiger partial charge on any atom is 0.306 e. The molecule has 0 atom stereocenters. The van der Waals surface area contributed by atoms with Crippen molar-refractivity contribution in [2.45, 2.75) is 303 Å². The van der Waals surface area contributed by atoms with E-state index in [0.717, 1.165) is 68.9 Å². The van der Waals surface area contributed by atoms with Crippen LogP contribution in [0, 0.1) is 0 Å². The van der Waals surface area contributed by atoms with E-state index in [2.05, 4.69) is 47.1 Å². The molecule has 0 aromatic carbocycles. The van der Waals surface area contributed by atoms with Gasteiger partial charge >= 0.3 is 11.9 Å². The average Bonchev–Trinajstić information content (AvgIpc) is 3.24. The molecule has 0 bridgehead atoms. The molecule has 0 saturated carbocycles. The molecule has 6 heteroatoms. The van der Waals surface area contributed by atoms with Crippen molar-refractivity contribution in [1.82, 2.24) is 5.32 Å². The first-order valence-corrected chi connectivity index (χ1v) is 27.7. The van der Waals surface area contributed by atoms with E-state index in [1.165, 1.54) is 212 Å². The summed E-state index contributed by atoms with van der Waals surface area (Å²) in [4.78, 5) is 25.5. The zero-order valence-electron chi connectivity index (χ0n) is 42.6. The number of carbonyl (C=O) groups is 2. The minimum absolute atomic E-state index is 0.0414. The lowest BCUT2D eigenvalue weighted by Gasteiger charge is -2.30. The lowest BCUT2D eigenvalue weighted by atomic mass is 10.0. The number of quaternary nitrogens is 1. The normalized spacial score (nSPS) is 11.9. The Morgan fingerprint density at radius 1 is 0.361 bits per heavy atom. The summed E-state index contributed by atoms with van der Waals surface area (Å²) in [5, 5.41) is 3.68. The predicted octanol–water partition coefficient (Wildman–Crippen LogP) is 16.5. The monoisotopic (exact) mass is 864 g/mol. The number of hydrogen-bond acceptors (Lipinski definition) is 5. The smallest absolute Gasteiger partial charge is 0.306 e. The zero-order valence-corrected chi connectivity index (χ0v) is 42.6. The van der Waals surface area contributed by atoms with Crippen LogP contribution in [0.1, 0.15) is 291 Å². The summed E-state index contributed by atoms with van der Waals surface area (Å²) in [7, 11) is 4.76. The van der Waals surface area contributed by atoms with E-state index in [9.17, 15) is 9.59 Å². The van der Waals surface area contributed by atoms with E-state index >= 15 is 0 Å². The molecule has 1 N–H and O–H groups in total. The van der Waals surface area contributed by atoms with Gasteiger partial charge in [0.05, 0.1) is 27.2 Å². The van der Waals surface area contributed by atoms with Crippen LogP contribution in [0.25, 0.3) is 0 Å². The Morgan fingerprint density at radius 2 is 0.639 bits per heavy atom. The second-order valence-electron chi connectivity index (χ2n) is 20.0. The highest BCUT2D eigenvalue weighted by Gasteiger charge is 2.17. The highest BCUT2D eigenvalue weighted by atomic mass is 16.5. The van der Waals surface area contributed by atoms with Gasteiger partial charge in [0.1, 0.15) is 12.2 Å². The summed E-state index contributed by atoms with van der Waals surface area (Å²) in [6.07, 6.45) is 49.6. The fourth-order valence-electron chi connectivity index (χ4n) is 8.88. The Morgan fingerprint density at radius 3 is 1.02 bits per heavy atom. The number of nitrogens with one attached hydrogen (secondary N) is 1. The molecule has 0 aliphatic rings. The third-order valence-electron chi connectivity index (χ3n) is 13.1. The first kappa shape index (κ1) is 59.9. The molecule has 61 heavy (non-hydrogen) atoms. The molecule has 0 spiro atoms. The topological polar surface area (TPSA) is 64.6 Å². The number of esters is 2. The van der Waals surface area contributed by atoms with Crippen molar-refractivity contribution in [3.8, 4) is 0 Å². The molecule has 0 aromatic rings. The van der Waals surface area contributed by atoms with Crippen LogP contribution >= 0.6 is 0 Å². The van der Waals surface area contributed by atoms with E-state index in [0.29, 0.717) is 12.8 Å². The quantitative estimate of drug-likeness (QED) is 0.0375. The number of carbonyl (C=O) groups excluding carboxylic acids is 2. The van der Waals surface area contributed by atoms with Crippen molar-refractivity contribution in [1.29, 1.82) is 0 Å². The van der Waals surface area contributed by atoms with Gasteiger partial charge in [0, 0.05) is 25.8 Å². The molecule has 0 aromatic heterocycles. The van der Waals surface area contributed by atoms with Gasteiger partial charge in [0.15, 0.2) is 0 Å². The number of hydrogen-bond donors (Lipinski definition) is 1. The Balaban J connectivity index is 3.99. The molecule has 0 heterocycles. The van der Waals surface area contributed by atoms with Gasteiger partial charge in [-0.1, -0.05) is 188 Å². The van der Waals surface area contributed by atoms with E-state index < -0.39 is 0 Å². The van der Waals surface area contributed by atoms with Crippen molar-refractivity contribution < 1.29 is 23.5 Å². The molecule has 0 amide bonds. The van der Waals surface area contributed by atoms with Crippen LogP contribution in [0.15, 0.2) is 0 Å². The summed E-state index contributed by atoms with van der Waals surface area (Å²) in [5.74, 6) is 0.0860. The predicted molar refractivity (Wildman–Crippen MR) is 266 cm³/mol. The standard InChI is InChI=1S/C55H111N2O4/c1-7-11-15-19-25-33-42-52(43-34-26-20-16-12-8-2)60-54(58)46-37-29-23-31-39-48-56-49-41-51-57(5,6)50-40-32-24-30-38-47-55(59)61-53(44-35-27-21-17-13-9-3)45-36-28-22-18-14-10-4/h52-53,56H,7-51H2,1-6H3/q+1. The number of rotatable bonds is 50. The summed E-state index contributed by atoms with van der Waals surface area (Å²) in [6, 6.07) is 0. The van der Waals surface area contributed by atoms with E-state index in [1.54, 1.807) is 0 Å². The maximum absolute atomic E-state index is 12.8. The molecule has 0 radical (unpaired) electrons. The molecule has 0 aliphatic carbocycles. The molecule has 0 rings (SSSR count). The Bertz CT molecular complexity index is 878. The van der Waals surface area contributed by atoms with Gasteiger partial charge in [0.2, 0.25) is 0 Å². The average molecular weight is 865 g/mol. The van der Waals surface area contributed by atoms with Crippen LogP contribution in [0.4, 0.5) is 0 Å². The lowest BCUT2D eigenvalue weighted by Crippen LogP contribution is -2.42. The van der Waals surface area contributed by atoms with Crippen LogP contribution in [0.3, 0.4) is 0 Å². The van der Waals surface area contributed by atoms with Gasteiger partial charge in [-0.15, -0.1) is 0 Å². The van der Waals surface area contributed by atoms with Crippen molar-refractivity contribution >= 4 is 11.9 Å². The van der Waals surface area contributed by atoms with Crippen LogP contribution in [0.5, 0.6) is 0 Å². The van der Waals surface area contributed by atoms with Crippen LogP contribution < -0.4 is 5.32 Å². The van der Waals surface area contributed by atoms with E-state index in [1.807, 2.05) is 0 Å². The fraction of sp³-hybridized carbons (Fsp3) is 0.964. The molecule has 364 valence electrons. The SMILES string of the molecule is CCCCCCCCC(CCCCCCCC)OC(=O)CCCCCCCNCCC[N+](C)(C)CCCCCCCC(=O)OC(CCCCCCCC)CCCCCCCC. The van der Waals surface area contributed by atoms with Crippen LogP contribution in [-0.4, -0.2) is 68.9 Å². The second-order valence-corrected chi connectivity index (χ2v) is 20.0. The van der Waals surface area contributed by atoms with Gasteiger partial charge in [-0.2, -0.15) is 0 Å². The minimum Gasteiger partial charge on any atom is -0.462 e. The minimum atomic E-state index is 0.0414. The van der Waals surface area contributed by atoms with Gasteiger partial charge < -0.3 is 19.3 Å². The van der Waals surface area contributed by atoms with Crippen LogP contribution in [0.2, 0.25) is 0 Å². The first-order valence-electron chi connectivity index (χ1n) is 27.7. The number of ether oxygens (including phenoxy) is 2.